The van der Waals surface area contributed by atoms with E-state index in [4.69, 9.17) is 9.47 Å². The van der Waals surface area contributed by atoms with Crippen molar-refractivity contribution in [1.82, 2.24) is 15.3 Å². The first-order chi connectivity index (χ1) is 8.72. The number of ether oxygens (including phenoxy) is 2. The van der Waals surface area contributed by atoms with Crippen molar-refractivity contribution >= 4 is 5.69 Å². The summed E-state index contributed by atoms with van der Waals surface area (Å²) in [5, 5.41) is 14.2. The number of aromatic nitrogens is 2. The molecule has 1 N–H and O–H groups in total. The highest BCUT2D eigenvalue weighted by Crippen LogP contribution is 2.33. The first-order valence-electron chi connectivity index (χ1n) is 5.63. The highest BCUT2D eigenvalue weighted by atomic mass is 16.6. The molecule has 8 nitrogen and oxygen atoms in total. The molecule has 1 saturated heterocycles. The van der Waals surface area contributed by atoms with Gasteiger partial charge in [-0.3, -0.25) is 10.1 Å². The number of methoxy groups -OCH3 is 1. The summed E-state index contributed by atoms with van der Waals surface area (Å²) < 4.78 is 10.4. The molecule has 18 heavy (non-hydrogen) atoms. The summed E-state index contributed by atoms with van der Waals surface area (Å²) in [6, 6.07) is 0. The van der Waals surface area contributed by atoms with E-state index in [1.807, 2.05) is 0 Å². The maximum absolute atomic E-state index is 11.0. The molecule has 0 spiro atoms. The van der Waals surface area contributed by atoms with Gasteiger partial charge in [-0.15, -0.1) is 0 Å². The lowest BCUT2D eigenvalue weighted by molar-refractivity contribution is -0.387. The van der Waals surface area contributed by atoms with Crippen LogP contribution in [0.25, 0.3) is 0 Å². The lowest BCUT2D eigenvalue weighted by atomic mass is 10.1. The van der Waals surface area contributed by atoms with Crippen LogP contribution in [0.2, 0.25) is 0 Å². The second kappa shape index (κ2) is 5.58. The fraction of sp³-hybridized carbons (Fsp3) is 0.600. The number of nitro groups is 1. The number of nitrogens with zero attached hydrogens (tertiary/aromatic N) is 3. The number of rotatable bonds is 4. The van der Waals surface area contributed by atoms with Gasteiger partial charge in [0.05, 0.1) is 12.0 Å². The zero-order valence-corrected chi connectivity index (χ0v) is 9.96. The van der Waals surface area contributed by atoms with Gasteiger partial charge < -0.3 is 14.8 Å². The van der Waals surface area contributed by atoms with Gasteiger partial charge in [0.15, 0.2) is 0 Å². The number of hydrogen-bond donors (Lipinski definition) is 1. The Hall–Kier alpha value is -1.96. The molecule has 1 aromatic heterocycles. The quantitative estimate of drug-likeness (QED) is 0.617. The fourth-order valence-electron chi connectivity index (χ4n) is 1.82. The third-order valence-electron chi connectivity index (χ3n) is 2.66. The maximum atomic E-state index is 11.0. The molecule has 0 saturated carbocycles. The predicted molar refractivity (Wildman–Crippen MR) is 61.8 cm³/mol. The van der Waals surface area contributed by atoms with E-state index in [1.54, 1.807) is 0 Å². The predicted octanol–water partition coefficient (Wildman–Crippen LogP) is 0.524. The van der Waals surface area contributed by atoms with Crippen LogP contribution in [0, 0.1) is 10.1 Å². The van der Waals surface area contributed by atoms with E-state index in [2.05, 4.69) is 15.3 Å². The molecule has 0 bridgehead atoms. The van der Waals surface area contributed by atoms with Gasteiger partial charge in [-0.2, -0.15) is 9.97 Å². The van der Waals surface area contributed by atoms with Crippen molar-refractivity contribution in [3.63, 3.8) is 0 Å². The van der Waals surface area contributed by atoms with Crippen molar-refractivity contribution in [3.8, 4) is 11.8 Å². The van der Waals surface area contributed by atoms with Crippen molar-refractivity contribution in [1.29, 1.82) is 0 Å². The molecule has 1 fully saturated rings. The van der Waals surface area contributed by atoms with Crippen molar-refractivity contribution in [3.05, 3.63) is 16.4 Å². The smallest absolute Gasteiger partial charge is 0.392 e. The lowest BCUT2D eigenvalue weighted by Crippen LogP contribution is -2.37. The van der Waals surface area contributed by atoms with Crippen LogP contribution in [0.3, 0.4) is 0 Å². The number of piperidine rings is 1. The molecule has 0 aromatic carbocycles. The normalized spacial score (nSPS) is 19.3. The molecule has 1 unspecified atom stereocenters. The average Bonchev–Trinajstić information content (AvgIpc) is 2.39. The molecule has 98 valence electrons. The molecule has 8 heteroatoms. The average molecular weight is 254 g/mol. The summed E-state index contributed by atoms with van der Waals surface area (Å²) in [5.74, 6) is -0.130. The third-order valence-corrected chi connectivity index (χ3v) is 2.66. The van der Waals surface area contributed by atoms with Gasteiger partial charge in [0.1, 0.15) is 12.4 Å². The summed E-state index contributed by atoms with van der Waals surface area (Å²) in [5.41, 5.74) is -0.328. The number of hydrogen-bond acceptors (Lipinski definition) is 7. The summed E-state index contributed by atoms with van der Waals surface area (Å²) in [6.45, 7) is 1.60. The largest absolute Gasteiger partial charge is 0.476 e. The summed E-state index contributed by atoms with van der Waals surface area (Å²) in [7, 11) is 1.32. The van der Waals surface area contributed by atoms with Crippen molar-refractivity contribution in [2.24, 2.45) is 0 Å². The molecule has 0 radical (unpaired) electrons. The van der Waals surface area contributed by atoms with Crippen LogP contribution in [-0.2, 0) is 0 Å². The summed E-state index contributed by atoms with van der Waals surface area (Å²) in [4.78, 5) is 17.9. The molecule has 1 aromatic rings. The highest BCUT2D eigenvalue weighted by Gasteiger charge is 2.28. The van der Waals surface area contributed by atoms with Crippen LogP contribution < -0.4 is 14.8 Å². The van der Waals surface area contributed by atoms with E-state index in [1.165, 1.54) is 13.4 Å². The van der Waals surface area contributed by atoms with Gasteiger partial charge in [-0.1, -0.05) is 0 Å². The van der Waals surface area contributed by atoms with Gasteiger partial charge in [-0.05, 0) is 19.4 Å². The van der Waals surface area contributed by atoms with E-state index in [-0.39, 0.29) is 23.6 Å². The second-order valence-corrected chi connectivity index (χ2v) is 3.88. The van der Waals surface area contributed by atoms with Crippen LogP contribution in [0.15, 0.2) is 6.33 Å². The Morgan fingerprint density at radius 1 is 1.50 bits per heavy atom. The second-order valence-electron chi connectivity index (χ2n) is 3.88. The first-order valence-corrected chi connectivity index (χ1v) is 5.63. The van der Waals surface area contributed by atoms with E-state index in [9.17, 15) is 10.1 Å². The highest BCUT2D eigenvalue weighted by molar-refractivity contribution is 5.49. The topological polar surface area (TPSA) is 99.4 Å². The minimum absolute atomic E-state index is 0.0412. The lowest BCUT2D eigenvalue weighted by Gasteiger charge is -2.23. The minimum atomic E-state index is -0.593. The van der Waals surface area contributed by atoms with Crippen molar-refractivity contribution < 1.29 is 14.4 Å². The van der Waals surface area contributed by atoms with E-state index >= 15 is 0 Å². The van der Waals surface area contributed by atoms with Crippen LogP contribution >= 0.6 is 0 Å². The molecule has 0 aliphatic carbocycles. The van der Waals surface area contributed by atoms with Gasteiger partial charge in [-0.25, -0.2) is 0 Å². The van der Waals surface area contributed by atoms with Gasteiger partial charge in [0, 0.05) is 6.54 Å². The fourth-order valence-corrected chi connectivity index (χ4v) is 1.82. The van der Waals surface area contributed by atoms with Crippen molar-refractivity contribution in [2.75, 3.05) is 20.2 Å². The van der Waals surface area contributed by atoms with Gasteiger partial charge >= 0.3 is 17.4 Å². The van der Waals surface area contributed by atoms with E-state index < -0.39 is 4.92 Å². The minimum Gasteiger partial charge on any atom is -0.476 e. The summed E-state index contributed by atoms with van der Waals surface area (Å²) >= 11 is 0. The van der Waals surface area contributed by atoms with Crippen LogP contribution in [0.5, 0.6) is 11.8 Å². The Kier molecular flexibility index (Phi) is 3.88. The molecular formula is C10H14N4O4. The third kappa shape index (κ3) is 2.65. The van der Waals surface area contributed by atoms with Gasteiger partial charge in [0.2, 0.25) is 0 Å². The molecular weight excluding hydrogens is 240 g/mol. The van der Waals surface area contributed by atoms with Crippen LogP contribution in [0.4, 0.5) is 5.69 Å². The Morgan fingerprint density at radius 2 is 2.28 bits per heavy atom. The van der Waals surface area contributed by atoms with Crippen molar-refractivity contribution in [2.45, 2.75) is 18.9 Å². The first kappa shape index (κ1) is 12.5. The molecule has 0 amide bonds. The van der Waals surface area contributed by atoms with E-state index in [0.29, 0.717) is 6.54 Å². The van der Waals surface area contributed by atoms with Gasteiger partial charge in [0.25, 0.3) is 0 Å². The maximum Gasteiger partial charge on any atom is 0.392 e. The standard InChI is InChI=1S/C10H14N4O4/c1-17-9-8(14(15)16)10(13-6-12-9)18-7-3-2-4-11-5-7/h6-7,11H,2-5H2,1H3. The molecule has 1 atom stereocenters. The molecule has 2 rings (SSSR count). The Morgan fingerprint density at radius 3 is 2.89 bits per heavy atom. The SMILES string of the molecule is COc1ncnc(OC2CCCNC2)c1[N+](=O)[O-]. The summed E-state index contributed by atoms with van der Waals surface area (Å²) in [6.07, 6.45) is 2.89. The van der Waals surface area contributed by atoms with Crippen LogP contribution in [0.1, 0.15) is 12.8 Å². The zero-order valence-electron chi connectivity index (χ0n) is 9.96. The molecule has 1 aliphatic rings. The monoisotopic (exact) mass is 254 g/mol. The Labute approximate surface area is 103 Å². The molecule has 1 aliphatic heterocycles. The van der Waals surface area contributed by atoms with E-state index in [0.717, 1.165) is 19.4 Å². The number of nitrogens with one attached hydrogen (secondary N) is 1. The zero-order chi connectivity index (χ0) is 13.0. The Bertz CT molecular complexity index is 434. The van der Waals surface area contributed by atoms with Crippen LogP contribution in [-0.4, -0.2) is 41.2 Å². The Balaban J connectivity index is 2.23. The molecule has 2 heterocycles.